The van der Waals surface area contributed by atoms with Crippen molar-refractivity contribution in [3.63, 3.8) is 0 Å². The molecule has 1 heterocycles. The fraction of sp³-hybridized carbons (Fsp3) is 0. The number of hydrogen-bond acceptors (Lipinski definition) is 3. The number of carbonyl (C=O) groups is 1. The third-order valence-corrected chi connectivity index (χ3v) is 2.33. The van der Waals surface area contributed by atoms with E-state index in [9.17, 15) is 13.6 Å². The van der Waals surface area contributed by atoms with Crippen LogP contribution in [0.3, 0.4) is 0 Å². The Morgan fingerprint density at radius 2 is 2.00 bits per heavy atom. The highest BCUT2D eigenvalue weighted by Crippen LogP contribution is 2.25. The van der Waals surface area contributed by atoms with Crippen molar-refractivity contribution in [2.45, 2.75) is 0 Å². The molecule has 0 saturated heterocycles. The Labute approximate surface area is 101 Å². The van der Waals surface area contributed by atoms with E-state index in [-0.39, 0.29) is 22.8 Å². The number of halogens is 2. The number of pyridine rings is 1. The number of aromatic nitrogens is 1. The number of benzene rings is 1. The number of nitrogens with zero attached hydrogens (tertiary/aromatic N) is 1. The van der Waals surface area contributed by atoms with Crippen molar-refractivity contribution in [2.75, 3.05) is 11.1 Å². The van der Waals surface area contributed by atoms with Crippen molar-refractivity contribution in [2.24, 2.45) is 0 Å². The maximum Gasteiger partial charge on any atom is 0.212 e. The summed E-state index contributed by atoms with van der Waals surface area (Å²) in [7, 11) is 0. The van der Waals surface area contributed by atoms with Gasteiger partial charge in [0.25, 0.3) is 0 Å². The van der Waals surface area contributed by atoms with Crippen molar-refractivity contribution in [3.05, 3.63) is 42.0 Å². The molecule has 0 spiro atoms. The van der Waals surface area contributed by atoms with Crippen molar-refractivity contribution >= 4 is 17.9 Å². The zero-order valence-corrected chi connectivity index (χ0v) is 9.15. The average Bonchev–Trinajstić information content (AvgIpc) is 2.33. The lowest BCUT2D eigenvalue weighted by atomic mass is 10.1. The second-order valence-corrected chi connectivity index (χ2v) is 3.52. The molecular weight excluding hydrogens is 240 g/mol. The first-order valence-electron chi connectivity index (χ1n) is 5.04. The summed E-state index contributed by atoms with van der Waals surface area (Å²) in [4.78, 5) is 14.3. The average molecular weight is 249 g/mol. The van der Waals surface area contributed by atoms with E-state index in [0.717, 1.165) is 12.1 Å². The third kappa shape index (κ3) is 2.27. The Hall–Kier alpha value is -2.50. The van der Waals surface area contributed by atoms with Crippen LogP contribution < -0.4 is 11.1 Å². The summed E-state index contributed by atoms with van der Waals surface area (Å²) in [6.45, 7) is 0. The van der Waals surface area contributed by atoms with E-state index < -0.39 is 11.6 Å². The zero-order valence-electron chi connectivity index (χ0n) is 9.15. The summed E-state index contributed by atoms with van der Waals surface area (Å²) >= 11 is 0. The molecule has 0 saturated carbocycles. The van der Waals surface area contributed by atoms with E-state index in [0.29, 0.717) is 6.41 Å². The van der Waals surface area contributed by atoms with E-state index in [1.807, 2.05) is 0 Å². The molecule has 0 aliphatic rings. The molecule has 2 aromatic rings. The third-order valence-electron chi connectivity index (χ3n) is 2.33. The number of rotatable bonds is 3. The lowest BCUT2D eigenvalue weighted by molar-refractivity contribution is -0.105. The van der Waals surface area contributed by atoms with Gasteiger partial charge in [0, 0.05) is 11.6 Å². The summed E-state index contributed by atoms with van der Waals surface area (Å²) in [5.74, 6) is -1.27. The fourth-order valence-corrected chi connectivity index (χ4v) is 1.49. The van der Waals surface area contributed by atoms with Crippen molar-refractivity contribution in [1.29, 1.82) is 0 Å². The second kappa shape index (κ2) is 4.79. The molecule has 6 heteroatoms. The van der Waals surface area contributed by atoms with Gasteiger partial charge in [0.15, 0.2) is 5.82 Å². The highest BCUT2D eigenvalue weighted by Gasteiger charge is 2.09. The number of hydrogen-bond donors (Lipinski definition) is 2. The van der Waals surface area contributed by atoms with Crippen LogP contribution in [0.25, 0.3) is 11.3 Å². The molecular formula is C12H9F2N3O. The molecule has 0 atom stereocenters. The lowest BCUT2D eigenvalue weighted by Crippen LogP contribution is -2.03. The Bertz CT molecular complexity index is 602. The fourth-order valence-electron chi connectivity index (χ4n) is 1.49. The van der Waals surface area contributed by atoms with Gasteiger partial charge in [-0.2, -0.15) is 0 Å². The molecule has 4 nitrogen and oxygen atoms in total. The number of nitrogens with one attached hydrogen (secondary N) is 1. The predicted octanol–water partition coefficient (Wildman–Crippen LogP) is 2.18. The topological polar surface area (TPSA) is 68.0 Å². The Morgan fingerprint density at radius 3 is 2.67 bits per heavy atom. The van der Waals surface area contributed by atoms with Gasteiger partial charge in [0.05, 0.1) is 11.4 Å². The zero-order chi connectivity index (χ0) is 13.1. The first-order valence-corrected chi connectivity index (χ1v) is 5.04. The van der Waals surface area contributed by atoms with E-state index in [2.05, 4.69) is 10.3 Å². The Kier molecular flexibility index (Phi) is 3.18. The van der Waals surface area contributed by atoms with Gasteiger partial charge in [-0.25, -0.2) is 13.8 Å². The van der Waals surface area contributed by atoms with Crippen LogP contribution in [0.4, 0.5) is 20.3 Å². The minimum atomic E-state index is -0.732. The lowest BCUT2D eigenvalue weighted by Gasteiger charge is -2.07. The van der Waals surface area contributed by atoms with Crippen LogP contribution in [0.15, 0.2) is 30.3 Å². The normalized spacial score (nSPS) is 10.1. The van der Waals surface area contributed by atoms with Crippen LogP contribution >= 0.6 is 0 Å². The van der Waals surface area contributed by atoms with Gasteiger partial charge in [-0.1, -0.05) is 0 Å². The van der Waals surface area contributed by atoms with Crippen LogP contribution in [0.5, 0.6) is 0 Å². The quantitative estimate of drug-likeness (QED) is 0.819. The number of anilines is 2. The number of nitrogens with two attached hydrogens (primary N) is 1. The maximum atomic E-state index is 13.6. The van der Waals surface area contributed by atoms with Gasteiger partial charge < -0.3 is 11.1 Å². The molecule has 18 heavy (non-hydrogen) atoms. The Morgan fingerprint density at radius 1 is 1.22 bits per heavy atom. The van der Waals surface area contributed by atoms with Crippen LogP contribution in [-0.2, 0) is 4.79 Å². The highest BCUT2D eigenvalue weighted by molar-refractivity contribution is 5.78. The molecule has 0 fully saturated rings. The smallest absolute Gasteiger partial charge is 0.212 e. The molecule has 0 unspecified atom stereocenters. The van der Waals surface area contributed by atoms with E-state index in [1.165, 1.54) is 18.2 Å². The van der Waals surface area contributed by atoms with Gasteiger partial charge in [0.2, 0.25) is 6.41 Å². The maximum absolute atomic E-state index is 13.6. The standard InChI is InChI=1S/C12H9F2N3O/c13-7-1-2-8(9(14)5-7)11-4-3-10(15)12(17-11)16-6-18/h1-6H,15H2,(H,16,17,18). The van der Waals surface area contributed by atoms with E-state index in [1.54, 1.807) is 0 Å². The first kappa shape index (κ1) is 12.0. The molecule has 0 bridgehead atoms. The second-order valence-electron chi connectivity index (χ2n) is 3.52. The molecule has 1 amide bonds. The van der Waals surface area contributed by atoms with Crippen molar-refractivity contribution in [1.82, 2.24) is 4.98 Å². The highest BCUT2D eigenvalue weighted by atomic mass is 19.1. The number of nitrogen functional groups attached to an aromatic ring is 1. The van der Waals surface area contributed by atoms with E-state index >= 15 is 0 Å². The Balaban J connectivity index is 2.50. The van der Waals surface area contributed by atoms with Crippen LogP contribution in [-0.4, -0.2) is 11.4 Å². The molecule has 2 rings (SSSR count). The van der Waals surface area contributed by atoms with Crippen molar-refractivity contribution < 1.29 is 13.6 Å². The molecule has 0 aliphatic carbocycles. The van der Waals surface area contributed by atoms with E-state index in [4.69, 9.17) is 5.73 Å². The SMILES string of the molecule is Nc1ccc(-c2ccc(F)cc2F)nc1NC=O. The van der Waals surface area contributed by atoms with Crippen LogP contribution in [0.1, 0.15) is 0 Å². The van der Waals surface area contributed by atoms with Crippen LogP contribution in [0, 0.1) is 11.6 Å². The largest absolute Gasteiger partial charge is 0.396 e. The van der Waals surface area contributed by atoms with Gasteiger partial charge in [-0.05, 0) is 24.3 Å². The molecule has 1 aromatic carbocycles. The van der Waals surface area contributed by atoms with Gasteiger partial charge in [-0.3, -0.25) is 4.79 Å². The molecule has 1 aromatic heterocycles. The summed E-state index contributed by atoms with van der Waals surface area (Å²) < 4.78 is 26.3. The van der Waals surface area contributed by atoms with Gasteiger partial charge in [0.1, 0.15) is 11.6 Å². The molecule has 3 N–H and O–H groups in total. The summed E-state index contributed by atoms with van der Waals surface area (Å²) in [5, 5.41) is 2.30. The molecule has 0 radical (unpaired) electrons. The van der Waals surface area contributed by atoms with Crippen molar-refractivity contribution in [3.8, 4) is 11.3 Å². The first-order chi connectivity index (χ1) is 8.61. The minimum Gasteiger partial charge on any atom is -0.396 e. The van der Waals surface area contributed by atoms with Gasteiger partial charge >= 0.3 is 0 Å². The monoisotopic (exact) mass is 249 g/mol. The van der Waals surface area contributed by atoms with Crippen LogP contribution in [0.2, 0.25) is 0 Å². The summed E-state index contributed by atoms with van der Waals surface area (Å²) in [5.41, 5.74) is 6.22. The summed E-state index contributed by atoms with van der Waals surface area (Å²) in [6.07, 6.45) is 0.420. The molecule has 92 valence electrons. The predicted molar refractivity (Wildman–Crippen MR) is 63.7 cm³/mol. The number of amides is 1. The van der Waals surface area contributed by atoms with Gasteiger partial charge in [-0.15, -0.1) is 0 Å². The number of carbonyl (C=O) groups excluding carboxylic acids is 1. The molecule has 0 aliphatic heterocycles. The minimum absolute atomic E-state index is 0.130. The summed E-state index contributed by atoms with van der Waals surface area (Å²) in [6, 6.07) is 6.13.